The van der Waals surface area contributed by atoms with Crippen molar-refractivity contribution in [3.8, 4) is 0 Å². The first-order chi connectivity index (χ1) is 15.4. The molecule has 32 heavy (non-hydrogen) atoms. The van der Waals surface area contributed by atoms with Crippen molar-refractivity contribution < 1.29 is 13.2 Å². The number of carbonyl (C=O) groups is 1. The van der Waals surface area contributed by atoms with E-state index in [-0.39, 0.29) is 6.03 Å². The highest BCUT2D eigenvalue weighted by Gasteiger charge is 2.34. The second kappa shape index (κ2) is 9.64. The standard InChI is InChI=1S/C23H27N5O3S/c1-17-15-21(19-9-5-6-10-20(19)26-17)27-23(29)25-12-14-28-13-11-24-16-22(28)32(30,31)18-7-3-2-4-8-18/h2-10,15,22,24H,11-14,16H2,1H3,(H2,25,26,27,29). The molecule has 1 aromatic heterocycles. The average Bonchev–Trinajstić information content (AvgIpc) is 2.80. The smallest absolute Gasteiger partial charge is 0.319 e. The lowest BCUT2D eigenvalue weighted by Gasteiger charge is -2.35. The maximum absolute atomic E-state index is 13.1. The fourth-order valence-corrected chi connectivity index (χ4v) is 5.73. The van der Waals surface area contributed by atoms with E-state index in [4.69, 9.17) is 0 Å². The van der Waals surface area contributed by atoms with Crippen LogP contribution < -0.4 is 16.0 Å². The molecule has 1 fully saturated rings. The molecule has 8 nitrogen and oxygen atoms in total. The van der Waals surface area contributed by atoms with Gasteiger partial charge in [0.1, 0.15) is 5.37 Å². The van der Waals surface area contributed by atoms with Gasteiger partial charge in [-0.05, 0) is 31.2 Å². The maximum Gasteiger partial charge on any atom is 0.319 e. The number of nitrogens with zero attached hydrogens (tertiary/aromatic N) is 2. The molecule has 1 atom stereocenters. The largest absolute Gasteiger partial charge is 0.337 e. The summed E-state index contributed by atoms with van der Waals surface area (Å²) in [6, 6.07) is 17.6. The van der Waals surface area contributed by atoms with Crippen molar-refractivity contribution in [2.75, 3.05) is 38.0 Å². The number of pyridine rings is 1. The maximum atomic E-state index is 13.1. The molecule has 2 heterocycles. The molecule has 168 valence electrons. The topological polar surface area (TPSA) is 103 Å². The molecular formula is C23H27N5O3S. The Labute approximate surface area is 187 Å². The fraction of sp³-hybridized carbons (Fsp3) is 0.304. The number of carbonyl (C=O) groups excluding carboxylic acids is 1. The molecular weight excluding hydrogens is 426 g/mol. The molecule has 1 saturated heterocycles. The number of hydrogen-bond acceptors (Lipinski definition) is 6. The number of anilines is 1. The fourth-order valence-electron chi connectivity index (χ4n) is 3.94. The van der Waals surface area contributed by atoms with E-state index in [1.807, 2.05) is 42.2 Å². The van der Waals surface area contributed by atoms with Crippen molar-refractivity contribution in [2.24, 2.45) is 0 Å². The molecule has 3 aromatic rings. The van der Waals surface area contributed by atoms with Crippen molar-refractivity contribution in [3.63, 3.8) is 0 Å². The highest BCUT2D eigenvalue weighted by molar-refractivity contribution is 7.92. The first kappa shape index (κ1) is 22.2. The minimum absolute atomic E-state index is 0.310. The Morgan fingerprint density at radius 1 is 1.16 bits per heavy atom. The summed E-state index contributed by atoms with van der Waals surface area (Å²) in [5.41, 5.74) is 2.32. The van der Waals surface area contributed by atoms with Crippen molar-refractivity contribution in [3.05, 3.63) is 66.4 Å². The Bertz CT molecular complexity index is 1200. The molecule has 0 spiro atoms. The summed E-state index contributed by atoms with van der Waals surface area (Å²) in [4.78, 5) is 19.2. The molecule has 0 bridgehead atoms. The van der Waals surface area contributed by atoms with E-state index < -0.39 is 15.2 Å². The van der Waals surface area contributed by atoms with Gasteiger partial charge < -0.3 is 16.0 Å². The van der Waals surface area contributed by atoms with E-state index >= 15 is 0 Å². The minimum Gasteiger partial charge on any atom is -0.337 e. The van der Waals surface area contributed by atoms with Crippen LogP contribution in [0.4, 0.5) is 10.5 Å². The third kappa shape index (κ3) is 4.90. The molecule has 0 saturated carbocycles. The van der Waals surface area contributed by atoms with E-state index in [0.717, 1.165) is 16.6 Å². The summed E-state index contributed by atoms with van der Waals surface area (Å²) in [6.07, 6.45) is 0. The number of fused-ring (bicyclic) bond motifs is 1. The van der Waals surface area contributed by atoms with Crippen LogP contribution in [0.15, 0.2) is 65.6 Å². The number of hydrogen-bond donors (Lipinski definition) is 3. The van der Waals surface area contributed by atoms with Crippen LogP contribution in [0.5, 0.6) is 0 Å². The normalized spacial score (nSPS) is 17.2. The second-order valence-electron chi connectivity index (χ2n) is 7.76. The third-order valence-corrected chi connectivity index (χ3v) is 7.62. The van der Waals surface area contributed by atoms with Crippen LogP contribution in [0.2, 0.25) is 0 Å². The van der Waals surface area contributed by atoms with Gasteiger partial charge in [-0.25, -0.2) is 13.2 Å². The SMILES string of the molecule is Cc1cc(NC(=O)NCCN2CCNCC2S(=O)(=O)c2ccccc2)c2ccccc2n1. The van der Waals surface area contributed by atoms with Crippen molar-refractivity contribution in [2.45, 2.75) is 17.2 Å². The quantitative estimate of drug-likeness (QED) is 0.530. The number of aromatic nitrogens is 1. The molecule has 1 aliphatic rings. The number of para-hydroxylation sites is 1. The summed E-state index contributed by atoms with van der Waals surface area (Å²) in [5, 5.41) is 9.10. The molecule has 4 rings (SSSR count). The monoisotopic (exact) mass is 453 g/mol. The van der Waals surface area contributed by atoms with Crippen molar-refractivity contribution in [1.29, 1.82) is 0 Å². The van der Waals surface area contributed by atoms with Gasteiger partial charge in [-0.3, -0.25) is 9.88 Å². The zero-order chi connectivity index (χ0) is 22.6. The molecule has 2 amide bonds. The van der Waals surface area contributed by atoms with Crippen LogP contribution in [0.3, 0.4) is 0 Å². The zero-order valence-electron chi connectivity index (χ0n) is 17.9. The summed E-state index contributed by atoms with van der Waals surface area (Å²) in [6.45, 7) is 4.29. The highest BCUT2D eigenvalue weighted by Crippen LogP contribution is 2.23. The molecule has 0 aliphatic carbocycles. The number of nitrogens with one attached hydrogen (secondary N) is 3. The number of rotatable bonds is 6. The number of amides is 2. The minimum atomic E-state index is -3.51. The van der Waals surface area contributed by atoms with Gasteiger partial charge in [-0.15, -0.1) is 0 Å². The molecule has 1 unspecified atom stereocenters. The second-order valence-corrected chi connectivity index (χ2v) is 9.87. The van der Waals surface area contributed by atoms with E-state index in [0.29, 0.717) is 43.3 Å². The molecule has 9 heteroatoms. The lowest BCUT2D eigenvalue weighted by molar-refractivity contribution is 0.209. The van der Waals surface area contributed by atoms with Crippen LogP contribution in [-0.4, -0.2) is 62.4 Å². The summed E-state index contributed by atoms with van der Waals surface area (Å²) < 4.78 is 26.2. The Morgan fingerprint density at radius 2 is 1.91 bits per heavy atom. The number of piperazine rings is 1. The lowest BCUT2D eigenvalue weighted by Crippen LogP contribution is -2.56. The molecule has 3 N–H and O–H groups in total. The number of aryl methyl sites for hydroxylation is 1. The molecule has 1 aliphatic heterocycles. The first-order valence-corrected chi connectivity index (χ1v) is 12.1. The molecule has 0 radical (unpaired) electrons. The van der Waals surface area contributed by atoms with Gasteiger partial charge in [0.05, 0.1) is 16.1 Å². The van der Waals surface area contributed by atoms with Crippen LogP contribution >= 0.6 is 0 Å². The predicted octanol–water partition coefficient (Wildman–Crippen LogP) is 2.37. The summed E-state index contributed by atoms with van der Waals surface area (Å²) >= 11 is 0. The van der Waals surface area contributed by atoms with Gasteiger partial charge in [0.25, 0.3) is 0 Å². The van der Waals surface area contributed by atoms with Crippen LogP contribution in [0.1, 0.15) is 5.69 Å². The van der Waals surface area contributed by atoms with Gasteiger partial charge in [-0.2, -0.15) is 0 Å². The number of benzene rings is 2. The van der Waals surface area contributed by atoms with Gasteiger partial charge in [-0.1, -0.05) is 36.4 Å². The van der Waals surface area contributed by atoms with Crippen LogP contribution in [0.25, 0.3) is 10.9 Å². The first-order valence-electron chi connectivity index (χ1n) is 10.6. The molecule has 2 aromatic carbocycles. The number of urea groups is 1. The Kier molecular flexibility index (Phi) is 6.69. The average molecular weight is 454 g/mol. The Hall–Kier alpha value is -3.01. The van der Waals surface area contributed by atoms with Crippen LogP contribution in [0, 0.1) is 6.92 Å². The van der Waals surface area contributed by atoms with Crippen molar-refractivity contribution in [1.82, 2.24) is 20.5 Å². The zero-order valence-corrected chi connectivity index (χ0v) is 18.7. The Balaban J connectivity index is 1.39. The van der Waals surface area contributed by atoms with Gasteiger partial charge in [0, 0.05) is 43.8 Å². The van der Waals surface area contributed by atoms with E-state index in [1.54, 1.807) is 30.3 Å². The van der Waals surface area contributed by atoms with Crippen molar-refractivity contribution >= 4 is 32.5 Å². The van der Waals surface area contributed by atoms with Crippen LogP contribution in [-0.2, 0) is 9.84 Å². The summed E-state index contributed by atoms with van der Waals surface area (Å²) in [5.74, 6) is 0. The lowest BCUT2D eigenvalue weighted by atomic mass is 10.1. The summed E-state index contributed by atoms with van der Waals surface area (Å²) in [7, 11) is -3.51. The van der Waals surface area contributed by atoms with Gasteiger partial charge in [0.15, 0.2) is 9.84 Å². The van der Waals surface area contributed by atoms with Gasteiger partial charge >= 0.3 is 6.03 Å². The van der Waals surface area contributed by atoms with E-state index in [9.17, 15) is 13.2 Å². The Morgan fingerprint density at radius 3 is 2.72 bits per heavy atom. The third-order valence-electron chi connectivity index (χ3n) is 5.51. The van der Waals surface area contributed by atoms with E-state index in [2.05, 4.69) is 20.9 Å². The van der Waals surface area contributed by atoms with Gasteiger partial charge in [0.2, 0.25) is 0 Å². The highest BCUT2D eigenvalue weighted by atomic mass is 32.2. The van der Waals surface area contributed by atoms with E-state index in [1.165, 1.54) is 0 Å². The predicted molar refractivity (Wildman–Crippen MR) is 125 cm³/mol. The number of sulfone groups is 1.